The summed E-state index contributed by atoms with van der Waals surface area (Å²) >= 11 is 0. The van der Waals surface area contributed by atoms with Crippen LogP contribution in [0, 0.1) is 6.92 Å². The Morgan fingerprint density at radius 1 is 0.925 bits per heavy atom. The molecule has 2 N–H and O–H groups in total. The molecule has 1 saturated heterocycles. The number of hydrogen-bond acceptors (Lipinski definition) is 9. The number of sulfonamides is 1. The molecule has 0 saturated carbocycles. The van der Waals surface area contributed by atoms with Gasteiger partial charge in [0.2, 0.25) is 5.54 Å². The predicted molar refractivity (Wildman–Crippen MR) is 151 cm³/mol. The minimum atomic E-state index is -4.51. The number of benzene rings is 2. The monoisotopic (exact) mass is 574 g/mol. The standard InChI is InChI=1S/C28H38N4O7S/c1-19-8-14-22(15-9-19)40(36,37)32(20-10-12-21(13-11-20)38-26(35)31(6)7)28(5,25(34)39-27(2,3)4)24(33)23-18-29-16-17-30-23/h8-15,23,29-30H,16-18H2,1-7H3/t23?,28-/m1/s1. The zero-order chi connectivity index (χ0) is 29.9. The lowest BCUT2D eigenvalue weighted by Gasteiger charge is -2.42. The summed E-state index contributed by atoms with van der Waals surface area (Å²) < 4.78 is 40.4. The number of carbonyl (C=O) groups excluding carboxylic acids is 3. The third-order valence-electron chi connectivity index (χ3n) is 6.24. The Balaban J connectivity index is 2.24. The molecule has 0 aliphatic carbocycles. The highest BCUT2D eigenvalue weighted by molar-refractivity contribution is 7.93. The van der Waals surface area contributed by atoms with Crippen LogP contribution in [0.2, 0.25) is 0 Å². The van der Waals surface area contributed by atoms with Gasteiger partial charge in [-0.15, -0.1) is 0 Å². The first-order valence-corrected chi connectivity index (χ1v) is 14.3. The Hall–Kier alpha value is -3.48. The summed E-state index contributed by atoms with van der Waals surface area (Å²) in [5.41, 5.74) is -2.48. The van der Waals surface area contributed by atoms with Gasteiger partial charge in [-0.1, -0.05) is 17.7 Å². The van der Waals surface area contributed by atoms with E-state index in [1.165, 1.54) is 62.3 Å². The van der Waals surface area contributed by atoms with E-state index in [0.29, 0.717) is 13.1 Å². The molecule has 2 aromatic carbocycles. The number of Topliss-reactive ketones (excluding diaryl/α,β-unsaturated/α-hetero) is 1. The van der Waals surface area contributed by atoms with E-state index >= 15 is 0 Å². The van der Waals surface area contributed by atoms with E-state index < -0.39 is 45.1 Å². The largest absolute Gasteiger partial charge is 0.458 e. The van der Waals surface area contributed by atoms with E-state index in [4.69, 9.17) is 9.47 Å². The molecule has 1 unspecified atom stereocenters. The first-order valence-electron chi connectivity index (χ1n) is 12.9. The number of rotatable bonds is 8. The Bertz CT molecular complexity index is 1330. The van der Waals surface area contributed by atoms with Gasteiger partial charge in [-0.25, -0.2) is 22.3 Å². The Kier molecular flexibility index (Phi) is 9.28. The summed E-state index contributed by atoms with van der Waals surface area (Å²) in [4.78, 5) is 41.3. The first kappa shape index (κ1) is 31.1. The molecule has 0 radical (unpaired) electrons. The minimum absolute atomic E-state index is 0.00991. The zero-order valence-electron chi connectivity index (χ0n) is 24.0. The van der Waals surface area contributed by atoms with Gasteiger partial charge in [-0.05, 0) is 71.0 Å². The van der Waals surface area contributed by atoms with Crippen LogP contribution in [0.4, 0.5) is 10.5 Å². The fraction of sp³-hybridized carbons (Fsp3) is 0.464. The Morgan fingerprint density at radius 3 is 2.02 bits per heavy atom. The molecular formula is C28H38N4O7S. The van der Waals surface area contributed by atoms with Crippen LogP contribution in [0.3, 0.4) is 0 Å². The van der Waals surface area contributed by atoms with Crippen molar-refractivity contribution >= 4 is 33.6 Å². The number of nitrogens with one attached hydrogen (secondary N) is 2. The van der Waals surface area contributed by atoms with Crippen molar-refractivity contribution in [3.8, 4) is 5.75 Å². The van der Waals surface area contributed by atoms with Crippen LogP contribution < -0.4 is 19.7 Å². The van der Waals surface area contributed by atoms with Crippen molar-refractivity contribution < 1.29 is 32.3 Å². The van der Waals surface area contributed by atoms with Crippen LogP contribution in [0.1, 0.15) is 33.3 Å². The quantitative estimate of drug-likeness (QED) is 0.360. The lowest BCUT2D eigenvalue weighted by molar-refractivity contribution is -0.163. The van der Waals surface area contributed by atoms with E-state index in [0.717, 1.165) is 9.87 Å². The molecular weight excluding hydrogens is 536 g/mol. The fourth-order valence-corrected chi connectivity index (χ4v) is 5.87. The summed E-state index contributed by atoms with van der Waals surface area (Å²) in [6, 6.07) is 10.8. The molecule has 12 heteroatoms. The molecule has 1 aliphatic rings. The molecule has 11 nitrogen and oxygen atoms in total. The predicted octanol–water partition coefficient (Wildman–Crippen LogP) is 2.48. The number of aryl methyl sites for hydroxylation is 1. The van der Waals surface area contributed by atoms with Gasteiger partial charge in [-0.2, -0.15) is 0 Å². The van der Waals surface area contributed by atoms with E-state index in [-0.39, 0.29) is 22.9 Å². The van der Waals surface area contributed by atoms with Gasteiger partial charge in [-0.3, -0.25) is 4.79 Å². The molecule has 0 aromatic heterocycles. The third-order valence-corrected chi connectivity index (χ3v) is 8.17. The number of anilines is 1. The van der Waals surface area contributed by atoms with Crippen molar-refractivity contribution in [3.05, 3.63) is 54.1 Å². The second-order valence-corrected chi connectivity index (χ2v) is 12.8. The minimum Gasteiger partial charge on any atom is -0.458 e. The Labute approximate surface area is 235 Å². The van der Waals surface area contributed by atoms with Gasteiger partial charge in [0, 0.05) is 33.7 Å². The summed E-state index contributed by atoms with van der Waals surface area (Å²) in [6.45, 7) is 9.29. The summed E-state index contributed by atoms with van der Waals surface area (Å²) in [7, 11) is -1.46. The number of ketones is 1. The SMILES string of the molecule is Cc1ccc(S(=O)(=O)N(c2ccc(OC(=O)N(C)C)cc2)[C@@](C)(C(=O)OC(C)(C)C)C(=O)C2CNCCN2)cc1. The van der Waals surface area contributed by atoms with E-state index in [2.05, 4.69) is 10.6 Å². The van der Waals surface area contributed by atoms with Gasteiger partial charge in [0.25, 0.3) is 10.0 Å². The van der Waals surface area contributed by atoms with Crippen LogP contribution in [0.5, 0.6) is 5.75 Å². The number of ether oxygens (including phenoxy) is 2. The molecule has 2 aromatic rings. The zero-order valence-corrected chi connectivity index (χ0v) is 24.8. The van der Waals surface area contributed by atoms with Crippen molar-refractivity contribution in [1.29, 1.82) is 0 Å². The number of nitrogens with zero attached hydrogens (tertiary/aromatic N) is 2. The van der Waals surface area contributed by atoms with Crippen LogP contribution in [-0.2, 0) is 24.3 Å². The number of piperazine rings is 1. The second kappa shape index (κ2) is 11.9. The molecule has 1 aliphatic heterocycles. The number of hydrogen-bond donors (Lipinski definition) is 2. The fourth-order valence-electron chi connectivity index (χ4n) is 4.13. The molecule has 0 spiro atoms. The average Bonchev–Trinajstić information content (AvgIpc) is 2.88. The van der Waals surface area contributed by atoms with E-state index in [1.54, 1.807) is 32.9 Å². The summed E-state index contributed by atoms with van der Waals surface area (Å²) in [5, 5.41) is 6.19. The van der Waals surface area contributed by atoms with Gasteiger partial charge in [0.1, 0.15) is 11.4 Å². The molecule has 0 bridgehead atoms. The summed E-state index contributed by atoms with van der Waals surface area (Å²) in [6.07, 6.45) is -0.624. The van der Waals surface area contributed by atoms with Crippen molar-refractivity contribution in [1.82, 2.24) is 15.5 Å². The van der Waals surface area contributed by atoms with Gasteiger partial charge in [0.05, 0.1) is 16.6 Å². The topological polar surface area (TPSA) is 134 Å². The van der Waals surface area contributed by atoms with Crippen molar-refractivity contribution in [2.75, 3.05) is 38.0 Å². The van der Waals surface area contributed by atoms with Crippen LogP contribution >= 0.6 is 0 Å². The van der Waals surface area contributed by atoms with E-state index in [9.17, 15) is 22.8 Å². The highest BCUT2D eigenvalue weighted by Gasteiger charge is 2.56. The summed E-state index contributed by atoms with van der Waals surface area (Å²) in [5.74, 6) is -1.54. The highest BCUT2D eigenvalue weighted by Crippen LogP contribution is 2.36. The van der Waals surface area contributed by atoms with Crippen LogP contribution in [-0.4, -0.2) is 82.1 Å². The third kappa shape index (κ3) is 6.80. The van der Waals surface area contributed by atoms with Gasteiger partial charge in [0.15, 0.2) is 5.78 Å². The molecule has 3 rings (SSSR count). The maximum absolute atomic E-state index is 14.3. The lowest BCUT2D eigenvalue weighted by Crippen LogP contribution is -2.68. The van der Waals surface area contributed by atoms with Gasteiger partial charge < -0.3 is 25.0 Å². The molecule has 1 fully saturated rings. The normalized spacial score (nSPS) is 17.3. The van der Waals surface area contributed by atoms with Crippen molar-refractivity contribution in [3.63, 3.8) is 0 Å². The average molecular weight is 575 g/mol. The molecule has 1 amide bonds. The highest BCUT2D eigenvalue weighted by atomic mass is 32.2. The van der Waals surface area contributed by atoms with Gasteiger partial charge >= 0.3 is 12.1 Å². The van der Waals surface area contributed by atoms with Crippen LogP contribution in [0.15, 0.2) is 53.4 Å². The molecule has 2 atom stereocenters. The number of amides is 1. The maximum atomic E-state index is 14.3. The van der Waals surface area contributed by atoms with Crippen molar-refractivity contribution in [2.24, 2.45) is 0 Å². The Morgan fingerprint density at radius 2 is 1.52 bits per heavy atom. The van der Waals surface area contributed by atoms with E-state index in [1.807, 2.05) is 6.92 Å². The molecule has 40 heavy (non-hydrogen) atoms. The number of carbonyl (C=O) groups is 3. The lowest BCUT2D eigenvalue weighted by atomic mass is 9.89. The van der Waals surface area contributed by atoms with Crippen molar-refractivity contribution in [2.45, 2.75) is 56.7 Å². The maximum Gasteiger partial charge on any atom is 0.414 e. The second-order valence-electron chi connectivity index (χ2n) is 11.0. The first-order chi connectivity index (χ1) is 18.6. The van der Waals surface area contributed by atoms with Crippen LogP contribution in [0.25, 0.3) is 0 Å². The smallest absolute Gasteiger partial charge is 0.414 e. The number of esters is 1. The molecule has 1 heterocycles. The molecule has 218 valence electrons.